The first-order valence-corrected chi connectivity index (χ1v) is 8.58. The van der Waals surface area contributed by atoms with Crippen LogP contribution in [0.15, 0.2) is 17.1 Å². The van der Waals surface area contributed by atoms with Gasteiger partial charge in [-0.2, -0.15) is 13.8 Å². The molecule has 0 amide bonds. The smallest absolute Gasteiger partial charge is 0.383 e. The van der Waals surface area contributed by atoms with Crippen LogP contribution in [0.2, 0.25) is 0 Å². The fraction of sp³-hybridized carbons (Fsp3) is 0.667. The molecule has 3 rings (SSSR count). The van der Waals surface area contributed by atoms with Crippen molar-refractivity contribution in [2.24, 2.45) is 0 Å². The molecule has 2 aliphatic heterocycles. The third-order valence-corrected chi connectivity index (χ3v) is 5.06. The number of rotatable bonds is 3. The Morgan fingerprint density at radius 3 is 2.88 bits per heavy atom. The Hall–Kier alpha value is -1.39. The van der Waals surface area contributed by atoms with E-state index in [1.807, 2.05) is 0 Å². The number of halogens is 2. The average molecular weight is 367 g/mol. The van der Waals surface area contributed by atoms with E-state index in [9.17, 15) is 18.1 Å². The Morgan fingerprint density at radius 1 is 1.54 bits per heavy atom. The first kappa shape index (κ1) is 17.4. The predicted molar refractivity (Wildman–Crippen MR) is 76.4 cm³/mol. The number of anilines is 1. The molecule has 0 radical (unpaired) electrons. The zero-order valence-electron chi connectivity index (χ0n) is 12.8. The zero-order valence-corrected chi connectivity index (χ0v) is 13.7. The fourth-order valence-corrected chi connectivity index (χ4v) is 4.06. The van der Waals surface area contributed by atoms with Crippen molar-refractivity contribution in [1.29, 1.82) is 0 Å². The average Bonchev–Trinajstić information content (AvgIpc) is 2.69. The molecule has 1 aromatic heterocycles. The monoisotopic (exact) mass is 367 g/mol. The van der Waals surface area contributed by atoms with Crippen LogP contribution >= 0.6 is 7.82 Å². The van der Waals surface area contributed by atoms with E-state index < -0.39 is 50.6 Å². The van der Waals surface area contributed by atoms with Crippen molar-refractivity contribution >= 4 is 13.6 Å². The molecule has 12 heteroatoms. The molecule has 0 saturated carbocycles. The van der Waals surface area contributed by atoms with Gasteiger partial charge in [0, 0.05) is 6.20 Å². The lowest BCUT2D eigenvalue weighted by atomic mass is 10.1. The van der Waals surface area contributed by atoms with Crippen LogP contribution in [0.25, 0.3) is 0 Å². The van der Waals surface area contributed by atoms with E-state index in [1.165, 1.54) is 6.07 Å². The fourth-order valence-electron chi connectivity index (χ4n) is 2.48. The van der Waals surface area contributed by atoms with Crippen LogP contribution in [0.3, 0.4) is 0 Å². The number of phosphoric acid groups is 1. The van der Waals surface area contributed by atoms with E-state index in [4.69, 9.17) is 24.0 Å². The second-order valence-electron chi connectivity index (χ2n) is 5.67. The summed E-state index contributed by atoms with van der Waals surface area (Å²) in [5, 5.41) is 0. The lowest BCUT2D eigenvalue weighted by Crippen LogP contribution is -2.45. The van der Waals surface area contributed by atoms with Gasteiger partial charge in [-0.05, 0) is 19.9 Å². The minimum atomic E-state index is -4.14. The van der Waals surface area contributed by atoms with Gasteiger partial charge in [0.05, 0.1) is 12.7 Å². The first-order valence-electron chi connectivity index (χ1n) is 7.12. The number of hydrogen-bond donors (Lipinski definition) is 1. The van der Waals surface area contributed by atoms with Gasteiger partial charge < -0.3 is 10.5 Å². The summed E-state index contributed by atoms with van der Waals surface area (Å²) < 4.78 is 62.3. The van der Waals surface area contributed by atoms with Crippen LogP contribution in [-0.2, 0) is 22.9 Å². The van der Waals surface area contributed by atoms with Crippen LogP contribution in [0.5, 0.6) is 0 Å². The maximum Gasteiger partial charge on any atom is 0.475 e. The van der Waals surface area contributed by atoms with Crippen LogP contribution < -0.4 is 11.4 Å². The maximum atomic E-state index is 14.7. The minimum Gasteiger partial charge on any atom is -0.383 e. The predicted octanol–water partition coefficient (Wildman–Crippen LogP) is 1.31. The normalized spacial score (nSPS) is 35.1. The summed E-state index contributed by atoms with van der Waals surface area (Å²) in [5.74, 6) is -3.77. The van der Waals surface area contributed by atoms with Gasteiger partial charge in [-0.3, -0.25) is 18.1 Å². The largest absolute Gasteiger partial charge is 0.475 e. The van der Waals surface area contributed by atoms with Crippen LogP contribution in [-0.4, -0.2) is 40.4 Å². The van der Waals surface area contributed by atoms with Gasteiger partial charge in [-0.1, -0.05) is 0 Å². The van der Waals surface area contributed by atoms with Crippen molar-refractivity contribution in [2.45, 2.75) is 44.3 Å². The van der Waals surface area contributed by atoms with E-state index in [1.54, 1.807) is 13.8 Å². The molecular weight excluding hydrogens is 351 g/mol. The third kappa shape index (κ3) is 2.98. The highest BCUT2D eigenvalue weighted by Gasteiger charge is 2.65. The number of hydrogen-bond acceptors (Lipinski definition) is 8. The topological polar surface area (TPSA) is 115 Å². The number of nitrogen functional groups attached to an aromatic ring is 1. The Bertz CT molecular complexity index is 742. The van der Waals surface area contributed by atoms with E-state index in [2.05, 4.69) is 4.98 Å². The lowest BCUT2D eigenvalue weighted by Gasteiger charge is -2.32. The van der Waals surface area contributed by atoms with Crippen molar-refractivity contribution in [3.05, 3.63) is 22.7 Å². The summed E-state index contributed by atoms with van der Waals surface area (Å²) in [6.07, 6.45) is -4.59. The van der Waals surface area contributed by atoms with Gasteiger partial charge in [0.25, 0.3) is 0 Å². The number of alkyl halides is 2. The number of nitrogens with zero attached hydrogens (tertiary/aromatic N) is 2. The van der Waals surface area contributed by atoms with Gasteiger partial charge in [0.15, 0.2) is 6.10 Å². The number of phosphoric ester groups is 1. The van der Waals surface area contributed by atoms with Crippen LogP contribution in [0.1, 0.15) is 20.1 Å². The van der Waals surface area contributed by atoms with Gasteiger partial charge >= 0.3 is 19.4 Å². The van der Waals surface area contributed by atoms with E-state index in [0.29, 0.717) is 4.57 Å². The molecule has 24 heavy (non-hydrogen) atoms. The molecule has 2 N–H and O–H groups in total. The van der Waals surface area contributed by atoms with E-state index in [-0.39, 0.29) is 5.82 Å². The number of fused-ring (bicyclic) bond motifs is 1. The van der Waals surface area contributed by atoms with Gasteiger partial charge in [0.1, 0.15) is 11.9 Å². The summed E-state index contributed by atoms with van der Waals surface area (Å²) >= 11 is 0. The third-order valence-electron chi connectivity index (χ3n) is 3.43. The van der Waals surface area contributed by atoms with Crippen LogP contribution in [0.4, 0.5) is 14.6 Å². The van der Waals surface area contributed by atoms with Crippen molar-refractivity contribution in [3.8, 4) is 0 Å². The quantitative estimate of drug-likeness (QED) is 0.795. The minimum absolute atomic E-state index is 0.107. The highest BCUT2D eigenvalue weighted by atomic mass is 31.2. The maximum absolute atomic E-state index is 14.7. The second-order valence-corrected chi connectivity index (χ2v) is 7.24. The highest BCUT2D eigenvalue weighted by molar-refractivity contribution is 7.48. The van der Waals surface area contributed by atoms with Crippen LogP contribution in [0, 0.1) is 0 Å². The molecule has 0 aromatic carbocycles. The zero-order chi connectivity index (χ0) is 17.7. The molecule has 2 fully saturated rings. The molecule has 3 heterocycles. The lowest BCUT2D eigenvalue weighted by molar-refractivity contribution is -0.139. The SMILES string of the molecule is CC(C)O[P@]1(=O)OC[C@H]2O[C@@H](n3ccc(N)nc3=O)C(F)(F)[C@@H]2O1. The molecule has 0 spiro atoms. The Balaban J connectivity index is 1.90. The number of nitrogens with two attached hydrogens (primary N) is 1. The highest BCUT2D eigenvalue weighted by Crippen LogP contribution is 2.60. The molecule has 0 unspecified atom stereocenters. The molecule has 4 atom stereocenters. The molecule has 1 aromatic rings. The molecular formula is C12H16F2N3O6P. The summed E-state index contributed by atoms with van der Waals surface area (Å²) in [6.45, 7) is 2.70. The summed E-state index contributed by atoms with van der Waals surface area (Å²) in [5.41, 5.74) is 4.34. The Morgan fingerprint density at radius 2 is 2.25 bits per heavy atom. The van der Waals surface area contributed by atoms with Gasteiger partial charge in [-0.25, -0.2) is 9.36 Å². The standard InChI is InChI=1S/C12H16F2N3O6P/c1-6(2)22-24(19)20-5-7-9(23-24)12(13,14)10(21-7)17-4-3-8(15)16-11(17)18/h3-4,6-7,9-10H,5H2,1-2H3,(H2,15,16,18)/t7-,9-,10-,24+/m1/s1. The molecule has 2 aliphatic rings. The summed E-state index contributed by atoms with van der Waals surface area (Å²) in [7, 11) is -4.14. The van der Waals surface area contributed by atoms with Crippen molar-refractivity contribution < 1.29 is 31.7 Å². The summed E-state index contributed by atoms with van der Waals surface area (Å²) in [4.78, 5) is 15.2. The number of ether oxygens (including phenoxy) is 1. The molecule has 0 bridgehead atoms. The summed E-state index contributed by atoms with van der Waals surface area (Å²) in [6, 6.07) is 1.19. The molecule has 2 saturated heterocycles. The van der Waals surface area contributed by atoms with Crippen molar-refractivity contribution in [3.63, 3.8) is 0 Å². The number of aromatic nitrogens is 2. The van der Waals surface area contributed by atoms with Crippen molar-refractivity contribution in [2.75, 3.05) is 12.3 Å². The molecule has 134 valence electrons. The second kappa shape index (κ2) is 5.85. The van der Waals surface area contributed by atoms with Gasteiger partial charge in [-0.15, -0.1) is 0 Å². The van der Waals surface area contributed by atoms with Gasteiger partial charge in [0.2, 0.25) is 6.23 Å². The van der Waals surface area contributed by atoms with E-state index in [0.717, 1.165) is 6.20 Å². The first-order chi connectivity index (χ1) is 11.1. The Kier molecular flexibility index (Phi) is 4.25. The molecule has 0 aliphatic carbocycles. The van der Waals surface area contributed by atoms with Crippen molar-refractivity contribution in [1.82, 2.24) is 9.55 Å². The molecule has 9 nitrogen and oxygen atoms in total. The van der Waals surface area contributed by atoms with E-state index >= 15 is 0 Å². The Labute approximate surface area is 135 Å².